The van der Waals surface area contributed by atoms with Gasteiger partial charge in [-0.15, -0.1) is 0 Å². The third-order valence-electron chi connectivity index (χ3n) is 4.37. The third kappa shape index (κ3) is 3.39. The Morgan fingerprint density at radius 3 is 2.76 bits per heavy atom. The van der Waals surface area contributed by atoms with Crippen LogP contribution in [0.2, 0.25) is 0 Å². The fourth-order valence-corrected chi connectivity index (χ4v) is 3.18. The Hall–Kier alpha value is -1.10. The monoisotopic (exact) mass is 291 g/mol. The largest absolute Gasteiger partial charge is 0.487 e. The van der Waals surface area contributed by atoms with Crippen LogP contribution in [0.4, 0.5) is 0 Å². The maximum Gasteiger partial charge on any atom is 0.127 e. The van der Waals surface area contributed by atoms with Gasteiger partial charge in [0.15, 0.2) is 0 Å². The highest BCUT2D eigenvalue weighted by molar-refractivity contribution is 5.45. The molecule has 2 aliphatic rings. The maximum atomic E-state index is 10.5. The second kappa shape index (κ2) is 5.59. The highest BCUT2D eigenvalue weighted by Crippen LogP contribution is 2.37. The van der Waals surface area contributed by atoms with Crippen molar-refractivity contribution in [1.29, 1.82) is 0 Å². The van der Waals surface area contributed by atoms with Gasteiger partial charge in [0.25, 0.3) is 0 Å². The summed E-state index contributed by atoms with van der Waals surface area (Å²) in [5.74, 6) is 1.02. The van der Waals surface area contributed by atoms with E-state index in [1.165, 1.54) is 11.1 Å². The summed E-state index contributed by atoms with van der Waals surface area (Å²) in [5, 5.41) is 13.8. The molecule has 116 valence electrons. The van der Waals surface area contributed by atoms with Crippen molar-refractivity contribution in [2.75, 3.05) is 19.8 Å². The van der Waals surface area contributed by atoms with E-state index >= 15 is 0 Å². The average molecular weight is 291 g/mol. The second-order valence-electron chi connectivity index (χ2n) is 6.88. The minimum Gasteiger partial charge on any atom is -0.487 e. The molecule has 0 atom stereocenters. The fourth-order valence-electron chi connectivity index (χ4n) is 3.18. The summed E-state index contributed by atoms with van der Waals surface area (Å²) >= 11 is 0. The van der Waals surface area contributed by atoms with Crippen molar-refractivity contribution in [3.05, 3.63) is 29.3 Å². The van der Waals surface area contributed by atoms with E-state index in [0.29, 0.717) is 32.6 Å². The zero-order valence-electron chi connectivity index (χ0n) is 12.9. The molecule has 1 aromatic rings. The summed E-state index contributed by atoms with van der Waals surface area (Å²) in [6, 6.07) is 6.32. The van der Waals surface area contributed by atoms with Crippen molar-refractivity contribution in [1.82, 2.24) is 5.32 Å². The Kier molecular flexibility index (Phi) is 3.95. The van der Waals surface area contributed by atoms with Crippen molar-refractivity contribution >= 4 is 0 Å². The van der Waals surface area contributed by atoms with Gasteiger partial charge in [-0.3, -0.25) is 0 Å². The molecule has 0 saturated carbocycles. The first-order valence-electron chi connectivity index (χ1n) is 7.78. The van der Waals surface area contributed by atoms with Crippen molar-refractivity contribution in [2.24, 2.45) is 0 Å². The van der Waals surface area contributed by atoms with Gasteiger partial charge in [0.2, 0.25) is 0 Å². The Morgan fingerprint density at radius 1 is 1.24 bits per heavy atom. The van der Waals surface area contributed by atoms with Crippen molar-refractivity contribution in [3.63, 3.8) is 0 Å². The SMILES string of the molecule is CC1(C)Cc2cccc(CNCC3(O)CCOCC3)c2O1. The van der Waals surface area contributed by atoms with E-state index in [-0.39, 0.29) is 5.60 Å². The first-order valence-corrected chi connectivity index (χ1v) is 7.78. The predicted octanol–water partition coefficient (Wildman–Crippen LogP) is 2.03. The summed E-state index contributed by atoms with van der Waals surface area (Å²) in [4.78, 5) is 0. The molecule has 0 radical (unpaired) electrons. The lowest BCUT2D eigenvalue weighted by Crippen LogP contribution is -2.44. The van der Waals surface area contributed by atoms with E-state index in [9.17, 15) is 5.11 Å². The molecule has 0 unspecified atom stereocenters. The van der Waals surface area contributed by atoms with Crippen LogP contribution in [0.1, 0.15) is 37.8 Å². The quantitative estimate of drug-likeness (QED) is 0.891. The number of hydrogen-bond donors (Lipinski definition) is 2. The zero-order valence-corrected chi connectivity index (χ0v) is 12.9. The van der Waals surface area contributed by atoms with Gasteiger partial charge < -0.3 is 19.9 Å². The minimum absolute atomic E-state index is 0.114. The molecule has 2 heterocycles. The Morgan fingerprint density at radius 2 is 2.00 bits per heavy atom. The van der Waals surface area contributed by atoms with E-state index < -0.39 is 5.60 Å². The van der Waals surface area contributed by atoms with Gasteiger partial charge in [0, 0.05) is 51.1 Å². The van der Waals surface area contributed by atoms with E-state index in [2.05, 4.69) is 37.4 Å². The molecule has 2 N–H and O–H groups in total. The summed E-state index contributed by atoms with van der Waals surface area (Å²) in [7, 11) is 0. The highest BCUT2D eigenvalue weighted by atomic mass is 16.5. The molecule has 1 fully saturated rings. The van der Waals surface area contributed by atoms with Crippen LogP contribution in [0.5, 0.6) is 5.75 Å². The van der Waals surface area contributed by atoms with E-state index in [1.807, 2.05) is 0 Å². The predicted molar refractivity (Wildman–Crippen MR) is 81.6 cm³/mol. The lowest BCUT2D eigenvalue weighted by Gasteiger charge is -2.32. The molecular weight excluding hydrogens is 266 g/mol. The molecule has 21 heavy (non-hydrogen) atoms. The van der Waals surface area contributed by atoms with Gasteiger partial charge in [-0.25, -0.2) is 0 Å². The van der Waals surface area contributed by atoms with Gasteiger partial charge in [-0.05, 0) is 19.4 Å². The van der Waals surface area contributed by atoms with Gasteiger partial charge in [-0.1, -0.05) is 18.2 Å². The molecule has 3 rings (SSSR count). The number of ether oxygens (including phenoxy) is 2. The molecule has 0 aromatic heterocycles. The minimum atomic E-state index is -0.629. The van der Waals surface area contributed by atoms with Gasteiger partial charge in [0.1, 0.15) is 11.4 Å². The number of hydrogen-bond acceptors (Lipinski definition) is 4. The lowest BCUT2D eigenvalue weighted by molar-refractivity contribution is -0.0617. The Labute approximate surface area is 126 Å². The number of benzene rings is 1. The Balaban J connectivity index is 1.61. The van der Waals surface area contributed by atoms with Crippen LogP contribution in [-0.4, -0.2) is 36.1 Å². The van der Waals surface area contributed by atoms with Gasteiger partial charge in [0.05, 0.1) is 5.60 Å². The molecular formula is C17H25NO3. The maximum absolute atomic E-state index is 10.5. The standard InChI is InChI=1S/C17H25NO3/c1-16(2)10-13-4-3-5-14(15(13)21-16)11-18-12-17(19)6-8-20-9-7-17/h3-5,18-19H,6-12H2,1-2H3. The number of para-hydroxylation sites is 1. The first kappa shape index (κ1) is 14.8. The zero-order chi connectivity index (χ0) is 14.9. The summed E-state index contributed by atoms with van der Waals surface area (Å²) in [6.07, 6.45) is 2.37. The molecule has 2 aliphatic heterocycles. The third-order valence-corrected chi connectivity index (χ3v) is 4.37. The smallest absolute Gasteiger partial charge is 0.127 e. The van der Waals surface area contributed by atoms with Crippen LogP contribution in [0.25, 0.3) is 0 Å². The van der Waals surface area contributed by atoms with Gasteiger partial charge in [-0.2, -0.15) is 0 Å². The summed E-state index contributed by atoms with van der Waals surface area (Å²) in [6.45, 7) is 6.86. The number of fused-ring (bicyclic) bond motifs is 1. The molecule has 4 nitrogen and oxygen atoms in total. The van der Waals surface area contributed by atoms with E-state index in [0.717, 1.165) is 18.7 Å². The van der Waals surface area contributed by atoms with Crippen LogP contribution in [0, 0.1) is 0 Å². The summed E-state index contributed by atoms with van der Waals surface area (Å²) < 4.78 is 11.4. The summed E-state index contributed by atoms with van der Waals surface area (Å²) in [5.41, 5.74) is 1.71. The molecule has 1 aromatic carbocycles. The van der Waals surface area contributed by atoms with E-state index in [4.69, 9.17) is 9.47 Å². The second-order valence-corrected chi connectivity index (χ2v) is 6.88. The van der Waals surface area contributed by atoms with E-state index in [1.54, 1.807) is 0 Å². The fraction of sp³-hybridized carbons (Fsp3) is 0.647. The van der Waals surface area contributed by atoms with Crippen molar-refractivity contribution < 1.29 is 14.6 Å². The van der Waals surface area contributed by atoms with Crippen LogP contribution in [0.15, 0.2) is 18.2 Å². The lowest BCUT2D eigenvalue weighted by atomic mass is 9.94. The molecule has 0 spiro atoms. The van der Waals surface area contributed by atoms with Crippen molar-refractivity contribution in [3.8, 4) is 5.75 Å². The number of aliphatic hydroxyl groups is 1. The van der Waals surface area contributed by atoms with Crippen LogP contribution < -0.4 is 10.1 Å². The van der Waals surface area contributed by atoms with Crippen LogP contribution in [0.3, 0.4) is 0 Å². The molecule has 0 amide bonds. The topological polar surface area (TPSA) is 50.7 Å². The molecule has 1 saturated heterocycles. The first-order chi connectivity index (χ1) is 9.98. The van der Waals surface area contributed by atoms with Gasteiger partial charge >= 0.3 is 0 Å². The molecule has 0 bridgehead atoms. The average Bonchev–Trinajstić information content (AvgIpc) is 2.74. The normalized spacial score (nSPS) is 22.6. The van der Waals surface area contributed by atoms with Crippen LogP contribution in [-0.2, 0) is 17.7 Å². The molecule has 0 aliphatic carbocycles. The number of rotatable bonds is 4. The van der Waals surface area contributed by atoms with Crippen molar-refractivity contribution in [2.45, 2.75) is 50.9 Å². The number of nitrogens with one attached hydrogen (secondary N) is 1. The Bertz CT molecular complexity index is 507. The molecule has 4 heteroatoms. The highest BCUT2D eigenvalue weighted by Gasteiger charge is 2.32. The van der Waals surface area contributed by atoms with Crippen LogP contribution >= 0.6 is 0 Å².